The molecule has 0 aliphatic carbocycles. The average Bonchev–Trinajstić information content (AvgIpc) is 2.36. The summed E-state index contributed by atoms with van der Waals surface area (Å²) in [4.78, 5) is 15.4. The third-order valence-corrected chi connectivity index (χ3v) is 3.20. The molecule has 0 radical (unpaired) electrons. The highest BCUT2D eigenvalue weighted by atomic mass is 79.9. The summed E-state index contributed by atoms with van der Waals surface area (Å²) in [7, 11) is 0. The molecule has 0 atom stereocenters. The van der Waals surface area contributed by atoms with Gasteiger partial charge in [-0.15, -0.1) is 0 Å². The fraction of sp³-hybridized carbons (Fsp3) is 0.0833. The van der Waals surface area contributed by atoms with E-state index in [1.54, 1.807) is 0 Å². The van der Waals surface area contributed by atoms with Crippen molar-refractivity contribution >= 4 is 27.5 Å². The Labute approximate surface area is 129 Å². The molecule has 2 aromatic rings. The molecule has 1 N–H and O–H groups in total. The zero-order valence-corrected chi connectivity index (χ0v) is 12.1. The number of hydrogen-bond donors (Lipinski definition) is 1. The topological polar surface area (TPSA) is 68.9 Å². The number of hydrogen-bond acceptors (Lipinski definition) is 3. The maximum atomic E-state index is 14.0. The Kier molecular flexibility index (Phi) is 4.31. The van der Waals surface area contributed by atoms with Crippen LogP contribution in [0.1, 0.15) is 15.9 Å². The number of nitrogens with zero attached hydrogens (tertiary/aromatic N) is 2. The molecular weight excluding hydrogens is 374 g/mol. The van der Waals surface area contributed by atoms with Crippen molar-refractivity contribution < 1.29 is 27.1 Å². The van der Waals surface area contributed by atoms with E-state index in [9.17, 15) is 27.6 Å². The zero-order chi connectivity index (χ0) is 16.5. The quantitative estimate of drug-likeness (QED) is 0.495. The monoisotopic (exact) mass is 379 g/mol. The van der Waals surface area contributed by atoms with Gasteiger partial charge in [-0.3, -0.25) is 4.79 Å². The minimum Gasteiger partial charge on any atom is -0.711 e. The molecule has 2 rings (SSSR count). The Morgan fingerprint density at radius 1 is 1.36 bits per heavy atom. The summed E-state index contributed by atoms with van der Waals surface area (Å²) in [5.41, 5.74) is -2.48. The highest BCUT2D eigenvalue weighted by Crippen LogP contribution is 2.35. The average molecular weight is 380 g/mol. The predicted molar refractivity (Wildman–Crippen MR) is 70.3 cm³/mol. The normalized spacial score (nSPS) is 11.3. The molecule has 116 valence electrons. The van der Waals surface area contributed by atoms with Crippen molar-refractivity contribution in [3.63, 3.8) is 0 Å². The van der Waals surface area contributed by atoms with E-state index in [2.05, 4.69) is 26.2 Å². The van der Waals surface area contributed by atoms with Crippen LogP contribution < -0.4 is 10.0 Å². The van der Waals surface area contributed by atoms with Crippen LogP contribution in [-0.4, -0.2) is 10.9 Å². The third kappa shape index (κ3) is 3.32. The van der Waals surface area contributed by atoms with Gasteiger partial charge in [-0.1, -0.05) is 4.98 Å². The number of carbonyl (C=O) groups excluding carboxylic acids is 1. The van der Waals surface area contributed by atoms with Gasteiger partial charge >= 0.3 is 6.18 Å². The molecule has 0 bridgehead atoms. The second kappa shape index (κ2) is 5.87. The van der Waals surface area contributed by atoms with Crippen LogP contribution >= 0.6 is 15.9 Å². The van der Waals surface area contributed by atoms with Crippen molar-refractivity contribution in [3.05, 3.63) is 57.5 Å². The standard InChI is InChI=1S/C12H6BrF4N3O2/c13-8-2-1-7(12(15,16)17)10(14)9(8)11(21)19-6-3-18-5-20(22)4-6/h1-5H,(H,19,21). The molecule has 5 nitrogen and oxygen atoms in total. The first-order valence-electron chi connectivity index (χ1n) is 5.60. The third-order valence-electron chi connectivity index (χ3n) is 2.54. The van der Waals surface area contributed by atoms with Crippen LogP contribution in [0.3, 0.4) is 0 Å². The molecule has 22 heavy (non-hydrogen) atoms. The van der Waals surface area contributed by atoms with Crippen molar-refractivity contribution in [1.82, 2.24) is 4.98 Å². The van der Waals surface area contributed by atoms with E-state index in [1.165, 1.54) is 0 Å². The maximum absolute atomic E-state index is 14.0. The molecule has 0 aliphatic rings. The number of rotatable bonds is 2. The first-order chi connectivity index (χ1) is 10.2. The molecule has 1 aromatic carbocycles. The molecule has 0 unspecified atom stereocenters. The van der Waals surface area contributed by atoms with Crippen LogP contribution in [-0.2, 0) is 6.18 Å². The van der Waals surface area contributed by atoms with E-state index >= 15 is 0 Å². The first kappa shape index (κ1) is 16.1. The second-order valence-corrected chi connectivity index (χ2v) is 4.93. The van der Waals surface area contributed by atoms with Gasteiger partial charge in [0.15, 0.2) is 6.20 Å². The number of anilines is 1. The van der Waals surface area contributed by atoms with E-state index in [0.29, 0.717) is 6.07 Å². The summed E-state index contributed by atoms with van der Waals surface area (Å²) in [6.45, 7) is 0. The zero-order valence-electron chi connectivity index (χ0n) is 10.5. The lowest BCUT2D eigenvalue weighted by molar-refractivity contribution is -0.608. The van der Waals surface area contributed by atoms with Gasteiger partial charge in [0.2, 0.25) is 0 Å². The van der Waals surface area contributed by atoms with Gasteiger partial charge in [0.1, 0.15) is 17.7 Å². The lowest BCUT2D eigenvalue weighted by Crippen LogP contribution is -2.27. The van der Waals surface area contributed by atoms with Gasteiger partial charge in [-0.25, -0.2) is 9.12 Å². The number of carbonyl (C=O) groups is 1. The van der Waals surface area contributed by atoms with Crippen molar-refractivity contribution in [2.45, 2.75) is 6.18 Å². The highest BCUT2D eigenvalue weighted by molar-refractivity contribution is 9.10. The Bertz CT molecular complexity index is 737. The van der Waals surface area contributed by atoms with Crippen LogP contribution in [0.15, 0.2) is 35.3 Å². The fourth-order valence-corrected chi connectivity index (χ4v) is 2.11. The van der Waals surface area contributed by atoms with Gasteiger partial charge in [0.05, 0.1) is 11.1 Å². The van der Waals surface area contributed by atoms with Gasteiger partial charge in [0, 0.05) is 4.47 Å². The second-order valence-electron chi connectivity index (χ2n) is 4.07. The van der Waals surface area contributed by atoms with E-state index in [4.69, 9.17) is 0 Å². The van der Waals surface area contributed by atoms with Crippen LogP contribution in [0.2, 0.25) is 0 Å². The first-order valence-corrected chi connectivity index (χ1v) is 6.40. The Hall–Kier alpha value is -2.23. The number of benzene rings is 1. The smallest absolute Gasteiger partial charge is 0.419 e. The molecule has 0 spiro atoms. The summed E-state index contributed by atoms with van der Waals surface area (Å²) in [6, 6.07) is 1.43. The Balaban J connectivity index is 2.41. The number of aromatic nitrogens is 2. The van der Waals surface area contributed by atoms with Gasteiger partial charge in [0.25, 0.3) is 12.2 Å². The van der Waals surface area contributed by atoms with Crippen molar-refractivity contribution in [2.75, 3.05) is 5.32 Å². The molecule has 10 heteroatoms. The van der Waals surface area contributed by atoms with Crippen molar-refractivity contribution in [1.29, 1.82) is 0 Å². The lowest BCUT2D eigenvalue weighted by atomic mass is 10.1. The molecule has 0 aliphatic heterocycles. The Morgan fingerprint density at radius 3 is 2.64 bits per heavy atom. The summed E-state index contributed by atoms with van der Waals surface area (Å²) in [5.74, 6) is -2.86. The predicted octanol–water partition coefficient (Wildman–Crippen LogP) is 2.89. The summed E-state index contributed by atoms with van der Waals surface area (Å²) in [5, 5.41) is 13.1. The van der Waals surface area contributed by atoms with E-state index in [0.717, 1.165) is 24.8 Å². The van der Waals surface area contributed by atoms with E-state index in [1.807, 2.05) is 0 Å². The molecule has 1 aromatic heterocycles. The minimum atomic E-state index is -4.94. The molecule has 0 saturated carbocycles. The van der Waals surface area contributed by atoms with Gasteiger partial charge in [-0.05, 0) is 28.1 Å². The number of alkyl halides is 3. The van der Waals surface area contributed by atoms with E-state index < -0.39 is 29.0 Å². The molecular formula is C12H6BrF4N3O2. The minimum absolute atomic E-state index is 0.0915. The fourth-order valence-electron chi connectivity index (χ4n) is 1.62. The summed E-state index contributed by atoms with van der Waals surface area (Å²) in [6.07, 6.45) is -2.03. The van der Waals surface area contributed by atoms with Gasteiger partial charge in [-0.2, -0.15) is 13.2 Å². The summed E-state index contributed by atoms with van der Waals surface area (Å²) < 4.78 is 52.1. The van der Waals surface area contributed by atoms with Crippen LogP contribution in [0.4, 0.5) is 23.2 Å². The molecule has 1 heterocycles. The molecule has 1 amide bonds. The number of amides is 1. The molecule has 0 saturated heterocycles. The van der Waals surface area contributed by atoms with Gasteiger partial charge < -0.3 is 10.5 Å². The Morgan fingerprint density at radius 2 is 2.05 bits per heavy atom. The van der Waals surface area contributed by atoms with Crippen LogP contribution in [0.5, 0.6) is 0 Å². The van der Waals surface area contributed by atoms with E-state index in [-0.39, 0.29) is 14.9 Å². The number of halogens is 5. The van der Waals surface area contributed by atoms with Crippen LogP contribution in [0, 0.1) is 11.0 Å². The van der Waals surface area contributed by atoms with Crippen molar-refractivity contribution in [2.24, 2.45) is 0 Å². The largest absolute Gasteiger partial charge is 0.711 e. The van der Waals surface area contributed by atoms with Crippen molar-refractivity contribution in [3.8, 4) is 0 Å². The SMILES string of the molecule is O=C(Nc1cnc[n+]([O-])c1)c1c(Br)ccc(C(F)(F)F)c1F. The lowest BCUT2D eigenvalue weighted by Gasteiger charge is -2.12. The number of nitrogens with one attached hydrogen (secondary N) is 1. The highest BCUT2D eigenvalue weighted by Gasteiger charge is 2.36. The van der Waals surface area contributed by atoms with Crippen LogP contribution in [0.25, 0.3) is 0 Å². The molecule has 0 fully saturated rings. The maximum Gasteiger partial charge on any atom is 0.419 e. The summed E-state index contributed by atoms with van der Waals surface area (Å²) >= 11 is 2.83.